The number of nitrogens with one attached hydrogen (secondary N) is 1. The number of carbonyl (C=O) groups is 1. The number of carbonyl (C=O) groups excluding carboxylic acids is 1. The summed E-state index contributed by atoms with van der Waals surface area (Å²) in [5, 5.41) is 2.73. The highest BCUT2D eigenvalue weighted by Gasteiger charge is 1.98. The number of hydrogen-bond donors (Lipinski definition) is 1. The van der Waals surface area contributed by atoms with Crippen molar-refractivity contribution in [1.29, 1.82) is 0 Å². The van der Waals surface area contributed by atoms with E-state index in [1.807, 2.05) is 24.3 Å². The fourth-order valence-electron chi connectivity index (χ4n) is 1.79. The lowest BCUT2D eigenvalue weighted by Crippen LogP contribution is -2.05. The quantitative estimate of drug-likeness (QED) is 0.644. The summed E-state index contributed by atoms with van der Waals surface area (Å²) in [4.78, 5) is 12.2. The molecule has 0 fully saturated rings. The number of ether oxygens (including phenoxy) is 1. The minimum Gasteiger partial charge on any atom is -0.493 e. The maximum Gasteiger partial charge on any atom is 0.221 e. The average molecular weight is 301 g/mol. The lowest BCUT2D eigenvalue weighted by molar-refractivity contribution is -0.114. The summed E-state index contributed by atoms with van der Waals surface area (Å²) in [6.07, 6.45) is 0. The Hall–Kier alpha value is -1.94. The van der Waals surface area contributed by atoms with Gasteiger partial charge in [0.2, 0.25) is 5.91 Å². The highest BCUT2D eigenvalue weighted by molar-refractivity contribution is 7.99. The highest BCUT2D eigenvalue weighted by Crippen LogP contribution is 2.19. The summed E-state index contributed by atoms with van der Waals surface area (Å²) in [6.45, 7) is 4.23. The Morgan fingerprint density at radius 3 is 2.38 bits per heavy atom. The maximum absolute atomic E-state index is 10.9. The number of aryl methyl sites for hydroxylation is 1. The molecule has 0 heterocycles. The molecule has 1 amide bonds. The van der Waals surface area contributed by atoms with Gasteiger partial charge in [-0.25, -0.2) is 0 Å². The van der Waals surface area contributed by atoms with Crippen molar-refractivity contribution in [2.75, 3.05) is 17.7 Å². The second-order valence-corrected chi connectivity index (χ2v) is 5.88. The van der Waals surface area contributed by atoms with E-state index in [2.05, 4.69) is 36.5 Å². The minimum absolute atomic E-state index is 0.0711. The van der Waals surface area contributed by atoms with Gasteiger partial charge in [-0.2, -0.15) is 0 Å². The number of amides is 1. The van der Waals surface area contributed by atoms with Crippen LogP contribution in [0, 0.1) is 6.92 Å². The zero-order valence-electron chi connectivity index (χ0n) is 12.3. The molecule has 0 saturated heterocycles. The van der Waals surface area contributed by atoms with E-state index in [9.17, 15) is 4.79 Å². The smallest absolute Gasteiger partial charge is 0.221 e. The first kappa shape index (κ1) is 15.4. The first-order valence-corrected chi connectivity index (χ1v) is 7.82. The van der Waals surface area contributed by atoms with Gasteiger partial charge >= 0.3 is 0 Å². The van der Waals surface area contributed by atoms with Gasteiger partial charge in [-0.15, -0.1) is 11.8 Å². The topological polar surface area (TPSA) is 38.3 Å². The monoisotopic (exact) mass is 301 g/mol. The first-order valence-electron chi connectivity index (χ1n) is 6.83. The third-order valence-corrected chi connectivity index (χ3v) is 3.79. The number of thioether (sulfide) groups is 1. The van der Waals surface area contributed by atoms with Gasteiger partial charge in [0, 0.05) is 23.3 Å². The van der Waals surface area contributed by atoms with E-state index in [4.69, 9.17) is 4.74 Å². The molecule has 0 unspecified atom stereocenters. The van der Waals surface area contributed by atoms with Crippen LogP contribution in [0.2, 0.25) is 0 Å². The molecule has 0 aliphatic rings. The first-order chi connectivity index (χ1) is 10.1. The molecule has 110 valence electrons. The third-order valence-electron chi connectivity index (χ3n) is 2.82. The fraction of sp³-hybridized carbons (Fsp3) is 0.235. The molecule has 2 aromatic rings. The van der Waals surface area contributed by atoms with Crippen molar-refractivity contribution < 1.29 is 9.53 Å². The second-order valence-electron chi connectivity index (χ2n) is 4.72. The normalized spacial score (nSPS) is 10.2. The van der Waals surface area contributed by atoms with Crippen LogP contribution in [0.5, 0.6) is 5.75 Å². The van der Waals surface area contributed by atoms with E-state index in [1.54, 1.807) is 11.8 Å². The summed E-state index contributed by atoms with van der Waals surface area (Å²) in [6, 6.07) is 15.9. The van der Waals surface area contributed by atoms with Crippen LogP contribution in [0.15, 0.2) is 53.4 Å². The molecule has 2 rings (SSSR count). The van der Waals surface area contributed by atoms with Crippen LogP contribution in [0.25, 0.3) is 0 Å². The molecule has 0 aliphatic carbocycles. The minimum atomic E-state index is -0.0711. The Kier molecular flexibility index (Phi) is 5.69. The van der Waals surface area contributed by atoms with E-state index in [0.29, 0.717) is 6.61 Å². The Labute approximate surface area is 129 Å². The number of rotatable bonds is 6. The van der Waals surface area contributed by atoms with E-state index in [0.717, 1.165) is 17.2 Å². The van der Waals surface area contributed by atoms with Gasteiger partial charge in [0.1, 0.15) is 5.75 Å². The van der Waals surface area contributed by atoms with E-state index in [-0.39, 0.29) is 5.91 Å². The molecule has 0 saturated carbocycles. The van der Waals surface area contributed by atoms with Gasteiger partial charge in [0.25, 0.3) is 0 Å². The van der Waals surface area contributed by atoms with Crippen LogP contribution >= 0.6 is 11.8 Å². The molecule has 4 heteroatoms. The molecule has 0 aliphatic heterocycles. The Morgan fingerprint density at radius 2 is 1.76 bits per heavy atom. The zero-order chi connectivity index (χ0) is 15.1. The zero-order valence-corrected chi connectivity index (χ0v) is 13.1. The largest absolute Gasteiger partial charge is 0.493 e. The van der Waals surface area contributed by atoms with Crippen molar-refractivity contribution in [2.45, 2.75) is 18.7 Å². The van der Waals surface area contributed by atoms with Crippen LogP contribution in [0.1, 0.15) is 12.5 Å². The van der Waals surface area contributed by atoms with Crippen LogP contribution in [0.4, 0.5) is 5.69 Å². The standard InChI is InChI=1S/C17H19NO2S/c1-13-3-9-17(10-4-13)21-12-11-20-16-7-5-15(6-8-16)18-14(2)19/h3-10H,11-12H2,1-2H3,(H,18,19). The molecule has 1 N–H and O–H groups in total. The summed E-state index contributed by atoms with van der Waals surface area (Å²) in [5.74, 6) is 1.64. The van der Waals surface area contributed by atoms with Crippen molar-refractivity contribution in [3.8, 4) is 5.75 Å². The van der Waals surface area contributed by atoms with Gasteiger partial charge in [0.05, 0.1) is 6.61 Å². The maximum atomic E-state index is 10.9. The van der Waals surface area contributed by atoms with Gasteiger partial charge in [-0.05, 0) is 43.3 Å². The van der Waals surface area contributed by atoms with Crippen molar-refractivity contribution in [3.05, 3.63) is 54.1 Å². The molecule has 2 aromatic carbocycles. The van der Waals surface area contributed by atoms with Crippen molar-refractivity contribution in [1.82, 2.24) is 0 Å². The van der Waals surface area contributed by atoms with Gasteiger partial charge in [-0.3, -0.25) is 4.79 Å². The molecule has 0 radical (unpaired) electrons. The Bertz CT molecular complexity index is 579. The number of benzene rings is 2. The Balaban J connectivity index is 1.73. The lowest BCUT2D eigenvalue weighted by Gasteiger charge is -2.07. The molecule has 3 nitrogen and oxygen atoms in total. The van der Waals surface area contributed by atoms with Crippen LogP contribution < -0.4 is 10.1 Å². The van der Waals surface area contributed by atoms with Crippen molar-refractivity contribution in [2.24, 2.45) is 0 Å². The molecule has 21 heavy (non-hydrogen) atoms. The van der Waals surface area contributed by atoms with E-state index < -0.39 is 0 Å². The van der Waals surface area contributed by atoms with Crippen molar-refractivity contribution >= 4 is 23.4 Å². The van der Waals surface area contributed by atoms with E-state index >= 15 is 0 Å². The van der Waals surface area contributed by atoms with Crippen LogP contribution in [0.3, 0.4) is 0 Å². The second kappa shape index (κ2) is 7.74. The third kappa shape index (κ3) is 5.52. The van der Waals surface area contributed by atoms with Crippen LogP contribution in [-0.2, 0) is 4.79 Å². The van der Waals surface area contributed by atoms with Gasteiger partial charge < -0.3 is 10.1 Å². The molecule has 0 atom stereocenters. The fourth-order valence-corrected chi connectivity index (χ4v) is 2.52. The summed E-state index contributed by atoms with van der Waals surface area (Å²) in [5.41, 5.74) is 2.05. The summed E-state index contributed by atoms with van der Waals surface area (Å²) >= 11 is 1.78. The van der Waals surface area contributed by atoms with Gasteiger partial charge in [0.15, 0.2) is 0 Å². The molecule has 0 spiro atoms. The molecule has 0 aromatic heterocycles. The number of hydrogen-bond acceptors (Lipinski definition) is 3. The van der Waals surface area contributed by atoms with E-state index in [1.165, 1.54) is 17.4 Å². The molecular weight excluding hydrogens is 282 g/mol. The summed E-state index contributed by atoms with van der Waals surface area (Å²) in [7, 11) is 0. The lowest BCUT2D eigenvalue weighted by atomic mass is 10.2. The highest BCUT2D eigenvalue weighted by atomic mass is 32.2. The predicted molar refractivity (Wildman–Crippen MR) is 88.1 cm³/mol. The Morgan fingerprint density at radius 1 is 1.10 bits per heavy atom. The molecular formula is C17H19NO2S. The predicted octanol–water partition coefficient (Wildman–Crippen LogP) is 4.12. The van der Waals surface area contributed by atoms with Crippen molar-refractivity contribution in [3.63, 3.8) is 0 Å². The SMILES string of the molecule is CC(=O)Nc1ccc(OCCSc2ccc(C)cc2)cc1. The van der Waals surface area contributed by atoms with Gasteiger partial charge in [-0.1, -0.05) is 17.7 Å². The number of anilines is 1. The summed E-state index contributed by atoms with van der Waals surface area (Å²) < 4.78 is 5.68. The molecule has 0 bridgehead atoms. The van der Waals surface area contributed by atoms with Crippen LogP contribution in [-0.4, -0.2) is 18.3 Å². The average Bonchev–Trinajstić information content (AvgIpc) is 2.46.